The minimum absolute atomic E-state index is 0.733. The Morgan fingerprint density at radius 1 is 1.17 bits per heavy atom. The molecule has 0 saturated carbocycles. The van der Waals surface area contributed by atoms with Crippen LogP contribution in [0, 0.1) is 5.92 Å². The van der Waals surface area contributed by atoms with Crippen molar-refractivity contribution in [3.8, 4) is 11.4 Å². The first-order valence-corrected chi connectivity index (χ1v) is 8.82. The summed E-state index contributed by atoms with van der Waals surface area (Å²) in [5.41, 5.74) is 3.47. The van der Waals surface area contributed by atoms with Gasteiger partial charge in [-0.05, 0) is 30.7 Å². The molecule has 3 heterocycles. The predicted molar refractivity (Wildman–Crippen MR) is 92.8 cm³/mol. The number of nitrogens with zero attached hydrogens (tertiary/aromatic N) is 4. The Morgan fingerprint density at radius 3 is 2.91 bits per heavy atom. The lowest BCUT2D eigenvalue weighted by Gasteiger charge is -2.17. The van der Waals surface area contributed by atoms with Gasteiger partial charge in [-0.1, -0.05) is 37.3 Å². The molecule has 114 valence electrons. The van der Waals surface area contributed by atoms with E-state index in [-0.39, 0.29) is 0 Å². The Labute approximate surface area is 137 Å². The van der Waals surface area contributed by atoms with Crippen LogP contribution in [-0.4, -0.2) is 19.6 Å². The molecule has 4 aromatic rings. The summed E-state index contributed by atoms with van der Waals surface area (Å²) in [7, 11) is 0. The standard InChI is InChI=1S/C18H16N4S/c1-11-7-8-14-13(9-11)15-17-21-20-16(12-5-3-2-4-6-12)22(17)10-19-18(15)23-14/h2-6,10-11H,7-9H2,1H3/t11-/m0/s1. The largest absolute Gasteiger partial charge is 0.265 e. The molecular weight excluding hydrogens is 304 g/mol. The predicted octanol–water partition coefficient (Wildman–Crippen LogP) is 4.13. The van der Waals surface area contributed by atoms with Crippen molar-refractivity contribution in [2.24, 2.45) is 5.92 Å². The van der Waals surface area contributed by atoms with Crippen molar-refractivity contribution in [1.29, 1.82) is 0 Å². The second-order valence-corrected chi connectivity index (χ2v) is 7.44. The molecule has 0 spiro atoms. The second kappa shape index (κ2) is 4.86. The zero-order valence-corrected chi connectivity index (χ0v) is 13.7. The van der Waals surface area contributed by atoms with Crippen LogP contribution in [0.1, 0.15) is 23.8 Å². The molecule has 3 aromatic heterocycles. The molecule has 4 nitrogen and oxygen atoms in total. The molecule has 0 saturated heterocycles. The van der Waals surface area contributed by atoms with Gasteiger partial charge in [0.1, 0.15) is 11.2 Å². The molecule has 23 heavy (non-hydrogen) atoms. The molecule has 0 amide bonds. The van der Waals surface area contributed by atoms with Crippen molar-refractivity contribution in [2.45, 2.75) is 26.2 Å². The van der Waals surface area contributed by atoms with Crippen molar-refractivity contribution in [2.75, 3.05) is 0 Å². The maximum Gasteiger partial charge on any atom is 0.172 e. The number of hydrogen-bond donors (Lipinski definition) is 0. The fraction of sp³-hybridized carbons (Fsp3) is 0.278. The molecule has 1 atom stereocenters. The molecule has 0 aliphatic heterocycles. The van der Waals surface area contributed by atoms with Crippen molar-refractivity contribution in [3.63, 3.8) is 0 Å². The molecule has 0 unspecified atom stereocenters. The van der Waals surface area contributed by atoms with E-state index in [1.807, 2.05) is 40.3 Å². The highest BCUT2D eigenvalue weighted by Crippen LogP contribution is 2.39. The Bertz CT molecular complexity index is 1020. The second-order valence-electron chi connectivity index (χ2n) is 6.36. The summed E-state index contributed by atoms with van der Waals surface area (Å²) < 4.78 is 2.03. The smallest absolute Gasteiger partial charge is 0.172 e. The van der Waals surface area contributed by atoms with Crippen LogP contribution in [0.2, 0.25) is 0 Å². The van der Waals surface area contributed by atoms with Gasteiger partial charge in [0, 0.05) is 10.4 Å². The first-order valence-electron chi connectivity index (χ1n) is 8.00. The molecule has 5 rings (SSSR count). The van der Waals surface area contributed by atoms with Crippen LogP contribution in [0.25, 0.3) is 27.3 Å². The molecule has 0 bridgehead atoms. The van der Waals surface area contributed by atoms with E-state index in [4.69, 9.17) is 4.98 Å². The van der Waals surface area contributed by atoms with E-state index < -0.39 is 0 Å². The molecule has 0 fully saturated rings. The van der Waals surface area contributed by atoms with Crippen molar-refractivity contribution in [1.82, 2.24) is 19.6 Å². The van der Waals surface area contributed by atoms with E-state index in [1.54, 1.807) is 0 Å². The number of aromatic nitrogens is 4. The van der Waals surface area contributed by atoms with E-state index in [1.165, 1.54) is 28.7 Å². The van der Waals surface area contributed by atoms with Crippen LogP contribution in [0.5, 0.6) is 0 Å². The first-order chi connectivity index (χ1) is 11.3. The summed E-state index contributed by atoms with van der Waals surface area (Å²) in [6, 6.07) is 10.2. The van der Waals surface area contributed by atoms with Gasteiger partial charge in [0.05, 0.1) is 5.39 Å². The van der Waals surface area contributed by atoms with Gasteiger partial charge in [-0.25, -0.2) is 4.98 Å². The minimum atomic E-state index is 0.733. The molecule has 0 N–H and O–H groups in total. The van der Waals surface area contributed by atoms with Crippen LogP contribution >= 0.6 is 11.3 Å². The molecule has 1 aliphatic rings. The van der Waals surface area contributed by atoms with E-state index in [0.717, 1.165) is 34.2 Å². The van der Waals surface area contributed by atoms with E-state index in [9.17, 15) is 0 Å². The van der Waals surface area contributed by atoms with Crippen LogP contribution in [0.4, 0.5) is 0 Å². The average molecular weight is 320 g/mol. The highest BCUT2D eigenvalue weighted by molar-refractivity contribution is 7.19. The lowest BCUT2D eigenvalue weighted by atomic mass is 9.89. The Hall–Kier alpha value is -2.27. The molecular formula is C18H16N4S. The van der Waals surface area contributed by atoms with Crippen LogP contribution in [-0.2, 0) is 12.8 Å². The third-order valence-corrected chi connectivity index (χ3v) is 5.93. The van der Waals surface area contributed by atoms with Crippen molar-refractivity contribution < 1.29 is 0 Å². The van der Waals surface area contributed by atoms with Crippen LogP contribution < -0.4 is 0 Å². The number of hydrogen-bond acceptors (Lipinski definition) is 4. The lowest BCUT2D eigenvalue weighted by Crippen LogP contribution is -2.09. The number of fused-ring (bicyclic) bond motifs is 5. The van der Waals surface area contributed by atoms with Crippen LogP contribution in [0.3, 0.4) is 0 Å². The van der Waals surface area contributed by atoms with Gasteiger partial charge in [0.2, 0.25) is 0 Å². The summed E-state index contributed by atoms with van der Waals surface area (Å²) in [5.74, 6) is 1.59. The molecule has 1 aromatic carbocycles. The van der Waals surface area contributed by atoms with Gasteiger partial charge in [0.15, 0.2) is 11.5 Å². The van der Waals surface area contributed by atoms with Gasteiger partial charge >= 0.3 is 0 Å². The average Bonchev–Trinajstić information content (AvgIpc) is 3.16. The summed E-state index contributed by atoms with van der Waals surface area (Å²) in [4.78, 5) is 7.29. The molecule has 1 aliphatic carbocycles. The van der Waals surface area contributed by atoms with Gasteiger partial charge in [-0.15, -0.1) is 21.5 Å². The van der Waals surface area contributed by atoms with E-state index >= 15 is 0 Å². The zero-order chi connectivity index (χ0) is 15.4. The highest BCUT2D eigenvalue weighted by atomic mass is 32.1. The Morgan fingerprint density at radius 2 is 2.04 bits per heavy atom. The molecule has 5 heteroatoms. The van der Waals surface area contributed by atoms with Gasteiger partial charge < -0.3 is 0 Å². The number of rotatable bonds is 1. The summed E-state index contributed by atoms with van der Waals surface area (Å²) in [6.45, 7) is 2.33. The van der Waals surface area contributed by atoms with Crippen molar-refractivity contribution in [3.05, 3.63) is 47.1 Å². The Kier molecular flexibility index (Phi) is 2.79. The maximum absolute atomic E-state index is 4.70. The third kappa shape index (κ3) is 1.93. The normalized spacial score (nSPS) is 17.7. The van der Waals surface area contributed by atoms with Crippen LogP contribution in [0.15, 0.2) is 36.7 Å². The topological polar surface area (TPSA) is 43.1 Å². The summed E-state index contributed by atoms with van der Waals surface area (Å²) >= 11 is 1.83. The fourth-order valence-electron chi connectivity index (χ4n) is 3.53. The first kappa shape index (κ1) is 13.2. The number of thiophene rings is 1. The van der Waals surface area contributed by atoms with Gasteiger partial charge in [-0.3, -0.25) is 4.40 Å². The minimum Gasteiger partial charge on any atom is -0.265 e. The summed E-state index contributed by atoms with van der Waals surface area (Å²) in [5, 5.41) is 10.2. The quantitative estimate of drug-likeness (QED) is 0.529. The van der Waals surface area contributed by atoms with Crippen molar-refractivity contribution >= 4 is 27.2 Å². The fourth-order valence-corrected chi connectivity index (χ4v) is 4.71. The van der Waals surface area contributed by atoms with Gasteiger partial charge in [0.25, 0.3) is 0 Å². The lowest BCUT2D eigenvalue weighted by molar-refractivity contribution is 0.508. The van der Waals surface area contributed by atoms with Gasteiger partial charge in [-0.2, -0.15) is 0 Å². The third-order valence-electron chi connectivity index (χ3n) is 4.73. The molecule has 0 radical (unpaired) electrons. The monoisotopic (exact) mass is 320 g/mol. The Balaban J connectivity index is 1.81. The summed E-state index contributed by atoms with van der Waals surface area (Å²) in [6.07, 6.45) is 5.44. The zero-order valence-electron chi connectivity index (χ0n) is 12.9. The number of benzene rings is 1. The highest BCUT2D eigenvalue weighted by Gasteiger charge is 2.24. The number of aryl methyl sites for hydroxylation is 1. The maximum atomic E-state index is 4.70. The van der Waals surface area contributed by atoms with E-state index in [2.05, 4.69) is 29.3 Å². The SMILES string of the molecule is C[C@H]1CCc2sc3ncn4c(-c5ccccc5)nnc4c3c2C1. The van der Waals surface area contributed by atoms with E-state index in [0.29, 0.717) is 0 Å².